The molecule has 2 aliphatic rings. The number of aliphatic carboxylic acids is 1. The van der Waals surface area contributed by atoms with E-state index < -0.39 is 29.9 Å². The maximum Gasteiger partial charge on any atom is 0.337 e. The number of hydrogen-bond acceptors (Lipinski definition) is 4. The number of methoxy groups -OCH3 is 1. The first-order chi connectivity index (χ1) is 14.5. The first-order valence-corrected chi connectivity index (χ1v) is 10.1. The predicted octanol–water partition coefficient (Wildman–Crippen LogP) is 3.45. The molecule has 0 fully saturated rings. The second-order valence-electron chi connectivity index (χ2n) is 7.35. The fraction of sp³-hybridized carbons (Fsp3) is 0.261. The van der Waals surface area contributed by atoms with Gasteiger partial charge in [-0.1, -0.05) is 36.4 Å². The average molecular weight is 426 g/mol. The van der Waals surface area contributed by atoms with E-state index in [1.807, 2.05) is 24.3 Å². The number of carboxylic acids is 1. The molecule has 0 aromatic heterocycles. The van der Waals surface area contributed by atoms with E-state index in [1.165, 1.54) is 12.0 Å². The molecule has 2 aromatic rings. The van der Waals surface area contributed by atoms with Crippen LogP contribution in [0.2, 0.25) is 0 Å². The number of nitrogens with zero attached hydrogens (tertiary/aromatic N) is 1. The SMILES string of the molecule is COC(=O)c1ccc([C@H]2C3=C(C[C@H](C(=O)O)N2C(=O)CCl)c2ccccc2C3)cc1. The van der Waals surface area contributed by atoms with Gasteiger partial charge in [0, 0.05) is 6.42 Å². The Hall–Kier alpha value is -3.12. The third-order valence-corrected chi connectivity index (χ3v) is 6.02. The Labute approximate surface area is 178 Å². The highest BCUT2D eigenvalue weighted by Crippen LogP contribution is 2.48. The van der Waals surface area contributed by atoms with E-state index in [4.69, 9.17) is 16.3 Å². The van der Waals surface area contributed by atoms with Gasteiger partial charge in [0.2, 0.25) is 5.91 Å². The van der Waals surface area contributed by atoms with E-state index in [1.54, 1.807) is 24.3 Å². The third kappa shape index (κ3) is 3.27. The maximum atomic E-state index is 12.8. The Kier molecular flexibility index (Phi) is 5.35. The fourth-order valence-corrected chi connectivity index (χ4v) is 4.61. The van der Waals surface area contributed by atoms with Crippen LogP contribution in [0.4, 0.5) is 0 Å². The van der Waals surface area contributed by atoms with Gasteiger partial charge in [-0.2, -0.15) is 0 Å². The summed E-state index contributed by atoms with van der Waals surface area (Å²) in [6.45, 7) is 0. The molecule has 2 aromatic carbocycles. The zero-order valence-corrected chi connectivity index (χ0v) is 17.1. The van der Waals surface area contributed by atoms with Crippen molar-refractivity contribution in [2.75, 3.05) is 13.0 Å². The molecule has 0 bridgehead atoms. The highest BCUT2D eigenvalue weighted by molar-refractivity contribution is 6.27. The summed E-state index contributed by atoms with van der Waals surface area (Å²) in [5.74, 6) is -2.28. The topological polar surface area (TPSA) is 83.9 Å². The van der Waals surface area contributed by atoms with Gasteiger partial charge in [0.05, 0.1) is 18.7 Å². The molecule has 2 atom stereocenters. The molecular formula is C23H20ClNO5. The van der Waals surface area contributed by atoms with Gasteiger partial charge in [-0.25, -0.2) is 9.59 Å². The van der Waals surface area contributed by atoms with Crippen molar-refractivity contribution in [1.82, 2.24) is 4.90 Å². The summed E-state index contributed by atoms with van der Waals surface area (Å²) in [5, 5.41) is 9.91. The van der Waals surface area contributed by atoms with Gasteiger partial charge >= 0.3 is 11.9 Å². The molecule has 4 rings (SSSR count). The monoisotopic (exact) mass is 425 g/mol. The minimum Gasteiger partial charge on any atom is -0.480 e. The number of ether oxygens (including phenoxy) is 1. The van der Waals surface area contributed by atoms with E-state index in [9.17, 15) is 19.5 Å². The van der Waals surface area contributed by atoms with Gasteiger partial charge in [-0.15, -0.1) is 11.6 Å². The van der Waals surface area contributed by atoms with Crippen molar-refractivity contribution in [3.05, 3.63) is 76.4 Å². The lowest BCUT2D eigenvalue weighted by Crippen LogP contribution is -2.50. The fourth-order valence-electron chi connectivity index (χ4n) is 4.47. The average Bonchev–Trinajstić information content (AvgIpc) is 3.15. The summed E-state index contributed by atoms with van der Waals surface area (Å²) < 4.78 is 4.75. The van der Waals surface area contributed by atoms with Crippen LogP contribution in [0.15, 0.2) is 54.1 Å². The second kappa shape index (κ2) is 7.95. The minimum atomic E-state index is -1.07. The van der Waals surface area contributed by atoms with Crippen LogP contribution in [0.1, 0.15) is 39.5 Å². The predicted molar refractivity (Wildman–Crippen MR) is 111 cm³/mol. The molecule has 1 amide bonds. The largest absolute Gasteiger partial charge is 0.480 e. The lowest BCUT2D eigenvalue weighted by molar-refractivity contribution is -0.151. The summed E-state index contributed by atoms with van der Waals surface area (Å²) >= 11 is 5.86. The molecular weight excluding hydrogens is 406 g/mol. The molecule has 1 aliphatic carbocycles. The van der Waals surface area contributed by atoms with Crippen LogP contribution in [0.25, 0.3) is 5.57 Å². The Morgan fingerprint density at radius 3 is 2.47 bits per heavy atom. The van der Waals surface area contributed by atoms with Crippen molar-refractivity contribution < 1.29 is 24.2 Å². The molecule has 0 unspecified atom stereocenters. The van der Waals surface area contributed by atoms with Gasteiger partial charge in [-0.05, 0) is 46.4 Å². The van der Waals surface area contributed by atoms with E-state index in [2.05, 4.69) is 0 Å². The smallest absolute Gasteiger partial charge is 0.337 e. The van der Waals surface area contributed by atoms with E-state index in [-0.39, 0.29) is 12.3 Å². The lowest BCUT2D eigenvalue weighted by Gasteiger charge is -2.41. The van der Waals surface area contributed by atoms with Crippen LogP contribution < -0.4 is 0 Å². The quantitative estimate of drug-likeness (QED) is 0.599. The Morgan fingerprint density at radius 2 is 1.83 bits per heavy atom. The molecule has 0 spiro atoms. The number of alkyl halides is 1. The van der Waals surface area contributed by atoms with Gasteiger partial charge in [0.1, 0.15) is 11.9 Å². The number of hydrogen-bond donors (Lipinski definition) is 1. The van der Waals surface area contributed by atoms with Crippen molar-refractivity contribution in [1.29, 1.82) is 0 Å². The number of carboxylic acid groups (broad SMARTS) is 1. The zero-order valence-electron chi connectivity index (χ0n) is 16.3. The summed E-state index contributed by atoms with van der Waals surface area (Å²) in [6, 6.07) is 13.0. The van der Waals surface area contributed by atoms with Crippen LogP contribution in [0.3, 0.4) is 0 Å². The van der Waals surface area contributed by atoms with Crippen LogP contribution in [0.5, 0.6) is 0 Å². The summed E-state index contributed by atoms with van der Waals surface area (Å²) in [6.07, 6.45) is 0.869. The molecule has 6 nitrogen and oxygen atoms in total. The van der Waals surface area contributed by atoms with E-state index in [0.717, 1.165) is 27.8 Å². The van der Waals surface area contributed by atoms with Crippen molar-refractivity contribution in [3.63, 3.8) is 0 Å². The van der Waals surface area contributed by atoms with Crippen LogP contribution in [0, 0.1) is 0 Å². The number of benzene rings is 2. The summed E-state index contributed by atoms with van der Waals surface area (Å²) in [4.78, 5) is 38.1. The second-order valence-corrected chi connectivity index (χ2v) is 7.61. The Bertz CT molecular complexity index is 1060. The number of carbonyl (C=O) groups is 3. The summed E-state index contributed by atoms with van der Waals surface area (Å²) in [5.41, 5.74) is 5.23. The number of esters is 1. The first-order valence-electron chi connectivity index (χ1n) is 9.54. The summed E-state index contributed by atoms with van der Waals surface area (Å²) in [7, 11) is 1.31. The lowest BCUT2D eigenvalue weighted by atomic mass is 9.84. The van der Waals surface area contributed by atoms with E-state index >= 15 is 0 Å². The molecule has 1 N–H and O–H groups in total. The number of halogens is 1. The molecule has 154 valence electrons. The first kappa shape index (κ1) is 20.2. The molecule has 0 saturated heterocycles. The zero-order chi connectivity index (χ0) is 21.4. The van der Waals surface area contributed by atoms with Crippen LogP contribution in [-0.2, 0) is 20.7 Å². The number of amides is 1. The number of fused-ring (bicyclic) bond motifs is 2. The van der Waals surface area contributed by atoms with Gasteiger partial charge in [0.25, 0.3) is 0 Å². The third-order valence-electron chi connectivity index (χ3n) is 5.79. The normalized spacial score (nSPS) is 19.9. The Balaban J connectivity index is 1.86. The number of rotatable bonds is 4. The van der Waals surface area contributed by atoms with Crippen molar-refractivity contribution in [2.24, 2.45) is 0 Å². The molecule has 1 heterocycles. The van der Waals surface area contributed by atoms with Gasteiger partial charge < -0.3 is 14.7 Å². The molecule has 1 aliphatic heterocycles. The van der Waals surface area contributed by atoms with Crippen molar-refractivity contribution >= 4 is 35.0 Å². The molecule has 30 heavy (non-hydrogen) atoms. The van der Waals surface area contributed by atoms with Crippen LogP contribution >= 0.6 is 11.6 Å². The molecule has 7 heteroatoms. The van der Waals surface area contributed by atoms with Crippen LogP contribution in [-0.4, -0.2) is 46.9 Å². The van der Waals surface area contributed by atoms with Crippen molar-refractivity contribution in [3.8, 4) is 0 Å². The van der Waals surface area contributed by atoms with E-state index in [0.29, 0.717) is 12.0 Å². The standard InChI is InChI=1S/C23H20ClNO5/c1-30-23(29)14-8-6-13(7-9-14)21-18-10-15-4-2-3-5-16(15)17(18)11-19(22(27)28)25(21)20(26)12-24/h2-9,19,21H,10-12H2,1H3,(H,27,28)/t19-,21+/m1/s1. The van der Waals surface area contributed by atoms with Gasteiger partial charge in [0.15, 0.2) is 0 Å². The van der Waals surface area contributed by atoms with Gasteiger partial charge in [-0.3, -0.25) is 4.79 Å². The molecule has 0 saturated carbocycles. The molecule has 0 radical (unpaired) electrons. The number of carbonyl (C=O) groups excluding carboxylic acids is 2. The Morgan fingerprint density at radius 1 is 1.13 bits per heavy atom. The minimum absolute atomic E-state index is 0.237. The highest BCUT2D eigenvalue weighted by atomic mass is 35.5. The maximum absolute atomic E-state index is 12.8. The highest BCUT2D eigenvalue weighted by Gasteiger charge is 2.45. The van der Waals surface area contributed by atoms with Crippen molar-refractivity contribution in [2.45, 2.75) is 24.9 Å².